The summed E-state index contributed by atoms with van der Waals surface area (Å²) in [6, 6.07) is 14.3. The Bertz CT molecular complexity index is 1450. The topological polar surface area (TPSA) is 69.5 Å². The summed E-state index contributed by atoms with van der Waals surface area (Å²) in [6.07, 6.45) is 5.47. The van der Waals surface area contributed by atoms with Gasteiger partial charge >= 0.3 is 0 Å². The molecule has 7 nitrogen and oxygen atoms in total. The molecule has 5 rings (SSSR count). The van der Waals surface area contributed by atoms with Crippen molar-refractivity contribution in [1.82, 2.24) is 19.4 Å². The maximum atomic E-state index is 14.0. The Morgan fingerprint density at radius 3 is 2.18 bits per heavy atom. The Morgan fingerprint density at radius 1 is 0.868 bits per heavy atom. The van der Waals surface area contributed by atoms with Gasteiger partial charge in [0.2, 0.25) is 0 Å². The van der Waals surface area contributed by atoms with E-state index in [1.165, 1.54) is 0 Å². The molecule has 2 aromatic heterocycles. The van der Waals surface area contributed by atoms with E-state index in [0.29, 0.717) is 31.1 Å². The molecule has 0 atom stereocenters. The van der Waals surface area contributed by atoms with Crippen LogP contribution < -0.4 is 9.47 Å². The fourth-order valence-corrected chi connectivity index (χ4v) is 5.37. The fraction of sp³-hybridized carbons (Fsp3) is 0.323. The van der Waals surface area contributed by atoms with Crippen molar-refractivity contribution in [3.8, 4) is 22.6 Å². The summed E-state index contributed by atoms with van der Waals surface area (Å²) in [5.74, 6) is 2.49. The summed E-state index contributed by atoms with van der Waals surface area (Å²) in [7, 11) is 3.27. The highest BCUT2D eigenvalue weighted by molar-refractivity contribution is 5.99. The van der Waals surface area contributed by atoms with Crippen LogP contribution in [-0.2, 0) is 25.9 Å². The second-order valence-electron chi connectivity index (χ2n) is 9.83. The summed E-state index contributed by atoms with van der Waals surface area (Å²) >= 11 is 0. The minimum absolute atomic E-state index is 0.0417. The quantitative estimate of drug-likeness (QED) is 0.318. The van der Waals surface area contributed by atoms with Gasteiger partial charge in [-0.15, -0.1) is 0 Å². The number of imidazole rings is 1. The molecule has 1 aliphatic rings. The molecular weight excluding hydrogens is 476 g/mol. The van der Waals surface area contributed by atoms with Crippen molar-refractivity contribution in [1.29, 1.82) is 0 Å². The number of hydrogen-bond acceptors (Lipinski definition) is 5. The van der Waals surface area contributed by atoms with Gasteiger partial charge in [-0.05, 0) is 84.5 Å². The predicted molar refractivity (Wildman–Crippen MR) is 148 cm³/mol. The Morgan fingerprint density at radius 2 is 1.53 bits per heavy atom. The van der Waals surface area contributed by atoms with E-state index in [2.05, 4.69) is 45.7 Å². The summed E-state index contributed by atoms with van der Waals surface area (Å²) < 4.78 is 13.0. The number of rotatable bonds is 8. The molecule has 0 saturated carbocycles. The molecule has 4 aromatic rings. The lowest BCUT2D eigenvalue weighted by Crippen LogP contribution is -2.37. The van der Waals surface area contributed by atoms with Gasteiger partial charge in [0.25, 0.3) is 5.91 Å². The summed E-state index contributed by atoms with van der Waals surface area (Å²) in [5.41, 5.74) is 8.08. The molecule has 196 valence electrons. The van der Waals surface area contributed by atoms with Gasteiger partial charge in [-0.25, -0.2) is 4.98 Å². The number of methoxy groups -OCH3 is 2. The van der Waals surface area contributed by atoms with Gasteiger partial charge in [0.1, 0.15) is 17.3 Å². The monoisotopic (exact) mass is 510 g/mol. The van der Waals surface area contributed by atoms with Crippen LogP contribution >= 0.6 is 0 Å². The first-order chi connectivity index (χ1) is 18.4. The van der Waals surface area contributed by atoms with Crippen LogP contribution in [-0.4, -0.2) is 46.1 Å². The van der Waals surface area contributed by atoms with E-state index in [0.717, 1.165) is 63.4 Å². The molecule has 38 heavy (non-hydrogen) atoms. The highest BCUT2D eigenvalue weighted by Crippen LogP contribution is 2.34. The van der Waals surface area contributed by atoms with Crippen molar-refractivity contribution in [2.45, 2.75) is 46.7 Å². The minimum atomic E-state index is 0.0417. The molecule has 1 amide bonds. The third-order valence-corrected chi connectivity index (χ3v) is 7.11. The predicted octanol–water partition coefficient (Wildman–Crippen LogP) is 5.39. The molecule has 3 heterocycles. The number of ether oxygens (including phenoxy) is 2. The number of amides is 1. The van der Waals surface area contributed by atoms with Gasteiger partial charge in [-0.3, -0.25) is 9.78 Å². The molecule has 0 N–H and O–H groups in total. The first-order valence-corrected chi connectivity index (χ1v) is 13.0. The number of carbonyl (C=O) groups is 1. The van der Waals surface area contributed by atoms with Crippen molar-refractivity contribution in [2.75, 3.05) is 20.8 Å². The normalized spacial score (nSPS) is 13.0. The number of nitrogens with zero attached hydrogens (tertiary/aromatic N) is 4. The number of carbonyl (C=O) groups excluding carboxylic acids is 1. The lowest BCUT2D eigenvalue weighted by Gasteiger charge is -2.31. The van der Waals surface area contributed by atoms with Crippen molar-refractivity contribution in [2.24, 2.45) is 0 Å². The van der Waals surface area contributed by atoms with Crippen LogP contribution in [0.1, 0.15) is 51.2 Å². The van der Waals surface area contributed by atoms with E-state index in [9.17, 15) is 4.79 Å². The number of hydrogen-bond donors (Lipinski definition) is 0. The maximum absolute atomic E-state index is 14.0. The van der Waals surface area contributed by atoms with Crippen LogP contribution in [0.25, 0.3) is 11.1 Å². The Kier molecular flexibility index (Phi) is 7.18. The first-order valence-electron chi connectivity index (χ1n) is 13.0. The molecule has 7 heteroatoms. The number of pyridine rings is 1. The van der Waals surface area contributed by atoms with Crippen LogP contribution in [0, 0.1) is 13.8 Å². The van der Waals surface area contributed by atoms with E-state index >= 15 is 0 Å². The molecule has 1 aliphatic heterocycles. The van der Waals surface area contributed by atoms with E-state index in [1.807, 2.05) is 49.3 Å². The fourth-order valence-electron chi connectivity index (χ4n) is 5.37. The minimum Gasteiger partial charge on any atom is -0.497 e. The largest absolute Gasteiger partial charge is 0.497 e. The van der Waals surface area contributed by atoms with Gasteiger partial charge in [-0.1, -0.05) is 6.92 Å². The lowest BCUT2D eigenvalue weighted by atomic mass is 9.88. The van der Waals surface area contributed by atoms with E-state index in [4.69, 9.17) is 9.47 Å². The van der Waals surface area contributed by atoms with Crippen molar-refractivity contribution in [3.05, 3.63) is 94.3 Å². The molecule has 0 spiro atoms. The summed E-state index contributed by atoms with van der Waals surface area (Å²) in [5, 5.41) is 0. The second-order valence-corrected chi connectivity index (χ2v) is 9.83. The number of aromatic nitrogens is 3. The Balaban J connectivity index is 1.56. The second kappa shape index (κ2) is 10.7. The zero-order chi connectivity index (χ0) is 26.8. The van der Waals surface area contributed by atoms with E-state index < -0.39 is 0 Å². The SMILES string of the molecule is CCc1nccn1Cc1cc2c(c(-c3cc(C)nc(C)c3)c1)CCN(Cc1cc(OC)cc(OC)c1)C2=O. The van der Waals surface area contributed by atoms with Gasteiger partial charge in [0.05, 0.1) is 14.2 Å². The zero-order valence-electron chi connectivity index (χ0n) is 22.7. The molecule has 0 aliphatic carbocycles. The van der Waals surface area contributed by atoms with Crippen LogP contribution in [0.3, 0.4) is 0 Å². The zero-order valence-corrected chi connectivity index (χ0v) is 22.7. The van der Waals surface area contributed by atoms with Crippen molar-refractivity contribution < 1.29 is 14.3 Å². The molecule has 0 saturated heterocycles. The standard InChI is InChI=1S/C31H34N4O3/c1-6-30-32-8-10-34(30)18-23-15-28(24-11-20(2)33-21(3)12-24)27-7-9-35(31(36)29(27)16-23)19-22-13-25(37-4)17-26(14-22)38-5/h8,10-17H,6-7,9,18-19H2,1-5H3. The molecule has 0 bridgehead atoms. The van der Waals surface area contributed by atoms with Crippen LogP contribution in [0.15, 0.2) is 54.9 Å². The summed E-state index contributed by atoms with van der Waals surface area (Å²) in [6.45, 7) is 7.92. The molecule has 0 unspecified atom stereocenters. The van der Waals surface area contributed by atoms with Gasteiger partial charge in [-0.2, -0.15) is 0 Å². The smallest absolute Gasteiger partial charge is 0.254 e. The molecule has 0 fully saturated rings. The lowest BCUT2D eigenvalue weighted by molar-refractivity contribution is 0.0727. The number of benzene rings is 2. The number of aryl methyl sites for hydroxylation is 3. The molecule has 2 aromatic carbocycles. The van der Waals surface area contributed by atoms with Gasteiger partial charge in [0.15, 0.2) is 0 Å². The highest BCUT2D eigenvalue weighted by atomic mass is 16.5. The van der Waals surface area contributed by atoms with Crippen molar-refractivity contribution in [3.63, 3.8) is 0 Å². The number of fused-ring (bicyclic) bond motifs is 1. The van der Waals surface area contributed by atoms with Crippen LogP contribution in [0.4, 0.5) is 0 Å². The van der Waals surface area contributed by atoms with Crippen LogP contribution in [0.2, 0.25) is 0 Å². The Labute approximate surface area is 224 Å². The average molecular weight is 511 g/mol. The third-order valence-electron chi connectivity index (χ3n) is 7.11. The van der Waals surface area contributed by atoms with E-state index in [1.54, 1.807) is 14.2 Å². The molecule has 0 radical (unpaired) electrons. The van der Waals surface area contributed by atoms with Crippen LogP contribution in [0.5, 0.6) is 11.5 Å². The van der Waals surface area contributed by atoms with Gasteiger partial charge < -0.3 is 18.9 Å². The molecular formula is C31H34N4O3. The van der Waals surface area contributed by atoms with Gasteiger partial charge in [0, 0.05) is 61.5 Å². The van der Waals surface area contributed by atoms with Crippen molar-refractivity contribution >= 4 is 5.91 Å². The maximum Gasteiger partial charge on any atom is 0.254 e. The average Bonchev–Trinajstić information content (AvgIpc) is 3.36. The first kappa shape index (κ1) is 25.5. The summed E-state index contributed by atoms with van der Waals surface area (Å²) in [4.78, 5) is 24.9. The van der Waals surface area contributed by atoms with E-state index in [-0.39, 0.29) is 5.91 Å². The third kappa shape index (κ3) is 5.14. The Hall–Kier alpha value is -4.13. The highest BCUT2D eigenvalue weighted by Gasteiger charge is 2.28.